The smallest absolute Gasteiger partial charge is 0.271 e. The highest BCUT2D eigenvalue weighted by Gasteiger charge is 2.32. The Morgan fingerprint density at radius 3 is 2.86 bits per heavy atom. The number of amides is 1. The van der Waals surface area contributed by atoms with Crippen molar-refractivity contribution in [3.63, 3.8) is 0 Å². The Hall–Kier alpha value is -1.95. The van der Waals surface area contributed by atoms with E-state index in [9.17, 15) is 4.79 Å². The summed E-state index contributed by atoms with van der Waals surface area (Å²) >= 11 is 1.17. The number of carbonyl (C=O) groups is 1. The third kappa shape index (κ3) is 2.40. The number of nitrogens with zero attached hydrogens (tertiary/aromatic N) is 3. The molecule has 2 heterocycles. The maximum Gasteiger partial charge on any atom is 0.271 e. The van der Waals surface area contributed by atoms with Crippen LogP contribution in [-0.2, 0) is 11.8 Å². The molecule has 2 N–H and O–H groups in total. The molecule has 1 amide bonds. The van der Waals surface area contributed by atoms with Gasteiger partial charge in [0.1, 0.15) is 4.88 Å². The van der Waals surface area contributed by atoms with E-state index < -0.39 is 0 Å². The Morgan fingerprint density at radius 1 is 1.38 bits per heavy atom. The van der Waals surface area contributed by atoms with Gasteiger partial charge in [0.15, 0.2) is 0 Å². The minimum atomic E-state index is -0.198. The molecule has 2 aromatic rings. The molecule has 0 aliphatic carbocycles. The van der Waals surface area contributed by atoms with E-state index in [1.54, 1.807) is 4.90 Å². The minimum absolute atomic E-state index is 0.0284. The van der Waals surface area contributed by atoms with Crippen molar-refractivity contribution in [2.45, 2.75) is 32.6 Å². The van der Waals surface area contributed by atoms with Gasteiger partial charge in [0.05, 0.1) is 5.69 Å². The van der Waals surface area contributed by atoms with Gasteiger partial charge in [-0.2, -0.15) is 0 Å². The number of benzene rings is 1. The Balaban J connectivity index is 1.99. The quantitative estimate of drug-likeness (QED) is 0.822. The van der Waals surface area contributed by atoms with Gasteiger partial charge in [0.25, 0.3) is 5.91 Å². The lowest BCUT2D eigenvalue weighted by Gasteiger charge is -2.20. The molecule has 0 radical (unpaired) electrons. The molecule has 0 unspecified atom stereocenters. The van der Waals surface area contributed by atoms with Crippen LogP contribution >= 0.6 is 11.5 Å². The number of fused-ring (bicyclic) bond motifs is 1. The Bertz CT molecular complexity index is 702. The van der Waals surface area contributed by atoms with Crippen LogP contribution in [-0.4, -0.2) is 22.0 Å². The molecule has 21 heavy (non-hydrogen) atoms. The van der Waals surface area contributed by atoms with Crippen molar-refractivity contribution in [2.24, 2.45) is 0 Å². The SMILES string of the molecule is CC(C)(C)c1nnsc1C(=O)N1CCc2ccc(N)cc21. The van der Waals surface area contributed by atoms with Crippen molar-refractivity contribution in [2.75, 3.05) is 17.2 Å². The molecule has 0 atom stereocenters. The van der Waals surface area contributed by atoms with Crippen molar-refractivity contribution < 1.29 is 4.79 Å². The molecule has 3 rings (SSSR count). The summed E-state index contributed by atoms with van der Waals surface area (Å²) < 4.78 is 3.97. The van der Waals surface area contributed by atoms with E-state index in [2.05, 4.69) is 9.59 Å². The number of nitrogens with two attached hydrogens (primary N) is 1. The van der Waals surface area contributed by atoms with Gasteiger partial charge in [0, 0.05) is 23.3 Å². The molecule has 0 saturated carbocycles. The molecule has 1 aromatic heterocycles. The normalized spacial score (nSPS) is 14.3. The van der Waals surface area contributed by atoms with E-state index >= 15 is 0 Å². The van der Waals surface area contributed by atoms with Crippen molar-refractivity contribution in [3.05, 3.63) is 34.3 Å². The lowest BCUT2D eigenvalue weighted by atomic mass is 9.91. The van der Waals surface area contributed by atoms with Crippen LogP contribution in [0.1, 0.15) is 41.7 Å². The number of rotatable bonds is 1. The van der Waals surface area contributed by atoms with Crippen molar-refractivity contribution in [1.29, 1.82) is 0 Å². The average Bonchev–Trinajstić information content (AvgIpc) is 3.03. The lowest BCUT2D eigenvalue weighted by molar-refractivity contribution is 0.0991. The molecular weight excluding hydrogens is 284 g/mol. The average molecular weight is 302 g/mol. The van der Waals surface area contributed by atoms with Crippen LogP contribution in [0.3, 0.4) is 0 Å². The summed E-state index contributed by atoms with van der Waals surface area (Å²) in [7, 11) is 0. The van der Waals surface area contributed by atoms with E-state index in [-0.39, 0.29) is 11.3 Å². The fourth-order valence-electron chi connectivity index (χ4n) is 2.55. The number of nitrogen functional groups attached to an aromatic ring is 1. The van der Waals surface area contributed by atoms with Gasteiger partial charge in [-0.3, -0.25) is 4.79 Å². The van der Waals surface area contributed by atoms with Gasteiger partial charge in [-0.1, -0.05) is 31.3 Å². The summed E-state index contributed by atoms with van der Waals surface area (Å²) in [5.41, 5.74) is 9.16. The molecule has 1 aliphatic heterocycles. The minimum Gasteiger partial charge on any atom is -0.399 e. The molecule has 0 fully saturated rings. The van der Waals surface area contributed by atoms with Crippen LogP contribution in [0.5, 0.6) is 0 Å². The molecule has 110 valence electrons. The monoisotopic (exact) mass is 302 g/mol. The highest BCUT2D eigenvalue weighted by Crippen LogP contribution is 2.33. The number of hydrogen-bond acceptors (Lipinski definition) is 5. The Kier molecular flexibility index (Phi) is 3.20. The molecular formula is C15H18N4OS. The first-order valence-corrected chi connectivity index (χ1v) is 7.68. The lowest BCUT2D eigenvalue weighted by Crippen LogP contribution is -2.30. The third-order valence-electron chi connectivity index (χ3n) is 3.64. The summed E-state index contributed by atoms with van der Waals surface area (Å²) in [6.07, 6.45) is 0.860. The molecule has 1 aliphatic rings. The van der Waals surface area contributed by atoms with Gasteiger partial charge in [-0.15, -0.1) is 5.10 Å². The molecule has 0 spiro atoms. The first-order chi connectivity index (χ1) is 9.88. The fraction of sp³-hybridized carbons (Fsp3) is 0.400. The summed E-state index contributed by atoms with van der Waals surface area (Å²) in [6, 6.07) is 5.74. The molecule has 6 heteroatoms. The zero-order valence-electron chi connectivity index (χ0n) is 12.4. The number of carbonyl (C=O) groups excluding carboxylic acids is 1. The third-order valence-corrected chi connectivity index (χ3v) is 4.36. The second-order valence-corrected chi connectivity index (χ2v) is 7.05. The number of anilines is 2. The second-order valence-electron chi connectivity index (χ2n) is 6.30. The van der Waals surface area contributed by atoms with Crippen molar-refractivity contribution in [1.82, 2.24) is 9.59 Å². The van der Waals surface area contributed by atoms with Crippen molar-refractivity contribution in [3.8, 4) is 0 Å². The van der Waals surface area contributed by atoms with Gasteiger partial charge < -0.3 is 10.6 Å². The van der Waals surface area contributed by atoms with Gasteiger partial charge >= 0.3 is 0 Å². The highest BCUT2D eigenvalue weighted by atomic mass is 32.1. The van der Waals surface area contributed by atoms with E-state index in [0.29, 0.717) is 17.1 Å². The van der Waals surface area contributed by atoms with Crippen LogP contribution < -0.4 is 10.6 Å². The van der Waals surface area contributed by atoms with Gasteiger partial charge in [0.2, 0.25) is 0 Å². The summed E-state index contributed by atoms with van der Waals surface area (Å²) in [5.74, 6) is -0.0284. The van der Waals surface area contributed by atoms with Gasteiger partial charge in [-0.05, 0) is 35.6 Å². The van der Waals surface area contributed by atoms with E-state index in [4.69, 9.17) is 5.73 Å². The maximum absolute atomic E-state index is 12.9. The highest BCUT2D eigenvalue weighted by molar-refractivity contribution is 7.08. The molecule has 1 aromatic carbocycles. The summed E-state index contributed by atoms with van der Waals surface area (Å²) in [5, 5.41) is 4.15. The molecule has 5 nitrogen and oxygen atoms in total. The van der Waals surface area contributed by atoms with Crippen LogP contribution in [0.4, 0.5) is 11.4 Å². The zero-order chi connectivity index (χ0) is 15.2. The first kappa shape index (κ1) is 14.0. The second kappa shape index (κ2) is 4.80. The Morgan fingerprint density at radius 2 is 2.14 bits per heavy atom. The standard InChI is InChI=1S/C15H18N4OS/c1-15(2,3)13-12(21-18-17-13)14(20)19-7-6-9-4-5-10(16)8-11(9)19/h4-5,8H,6-7,16H2,1-3H3. The molecule has 0 saturated heterocycles. The van der Waals surface area contributed by atoms with Crippen molar-refractivity contribution >= 4 is 28.8 Å². The van der Waals surface area contributed by atoms with Crippen LogP contribution in [0.25, 0.3) is 0 Å². The van der Waals surface area contributed by atoms with Crippen LogP contribution in [0.15, 0.2) is 18.2 Å². The number of hydrogen-bond donors (Lipinski definition) is 1. The summed E-state index contributed by atoms with van der Waals surface area (Å²) in [4.78, 5) is 15.3. The van der Waals surface area contributed by atoms with E-state index in [1.165, 1.54) is 11.5 Å². The van der Waals surface area contributed by atoms with Crippen LogP contribution in [0.2, 0.25) is 0 Å². The maximum atomic E-state index is 12.9. The number of aromatic nitrogens is 2. The first-order valence-electron chi connectivity index (χ1n) is 6.91. The van der Waals surface area contributed by atoms with E-state index in [1.807, 2.05) is 39.0 Å². The predicted octanol–water partition coefficient (Wildman–Crippen LogP) is 2.62. The topological polar surface area (TPSA) is 72.1 Å². The largest absolute Gasteiger partial charge is 0.399 e. The summed E-state index contributed by atoms with van der Waals surface area (Å²) in [6.45, 7) is 6.79. The van der Waals surface area contributed by atoms with Crippen LogP contribution in [0, 0.1) is 0 Å². The van der Waals surface area contributed by atoms with Gasteiger partial charge in [-0.25, -0.2) is 0 Å². The zero-order valence-corrected chi connectivity index (χ0v) is 13.2. The predicted molar refractivity (Wildman–Crippen MR) is 84.8 cm³/mol. The molecule has 0 bridgehead atoms. The fourth-order valence-corrected chi connectivity index (χ4v) is 3.38. The van der Waals surface area contributed by atoms with E-state index in [0.717, 1.165) is 23.4 Å². The Labute approximate surface area is 127 Å².